The lowest BCUT2D eigenvalue weighted by molar-refractivity contribution is -0.383. The van der Waals surface area contributed by atoms with Gasteiger partial charge in [0.15, 0.2) is 5.52 Å². The summed E-state index contributed by atoms with van der Waals surface area (Å²) in [5, 5.41) is 12.2. The third-order valence-corrected chi connectivity index (χ3v) is 3.31. The highest BCUT2D eigenvalue weighted by molar-refractivity contribution is 6.36. The zero-order valence-corrected chi connectivity index (χ0v) is 11.1. The molecule has 0 saturated carbocycles. The number of rotatable bonds is 3. The van der Waals surface area contributed by atoms with Crippen LogP contribution >= 0.6 is 23.2 Å². The second kappa shape index (κ2) is 5.08. The molecule has 94 valence electrons. The highest BCUT2D eigenvalue weighted by Gasteiger charge is 2.17. The maximum absolute atomic E-state index is 10.9. The predicted molar refractivity (Wildman–Crippen MR) is 72.4 cm³/mol. The Labute approximate surface area is 114 Å². The summed E-state index contributed by atoms with van der Waals surface area (Å²) in [4.78, 5) is 14.6. The van der Waals surface area contributed by atoms with E-state index in [4.69, 9.17) is 23.2 Å². The second-order valence-corrected chi connectivity index (χ2v) is 4.67. The molecule has 0 spiro atoms. The Morgan fingerprint density at radius 2 is 2.11 bits per heavy atom. The van der Waals surface area contributed by atoms with E-state index in [0.29, 0.717) is 15.6 Å². The first kappa shape index (κ1) is 13.1. The number of hydrogen-bond donors (Lipinski definition) is 0. The van der Waals surface area contributed by atoms with Crippen LogP contribution in [0.2, 0.25) is 10.2 Å². The average Bonchev–Trinajstić information content (AvgIpc) is 2.31. The molecule has 0 radical (unpaired) electrons. The molecule has 0 unspecified atom stereocenters. The number of fused-ring (bicyclic) bond motifs is 1. The van der Waals surface area contributed by atoms with E-state index in [2.05, 4.69) is 4.98 Å². The minimum atomic E-state index is -0.485. The van der Waals surface area contributed by atoms with Crippen LogP contribution in [0.15, 0.2) is 18.2 Å². The molecule has 0 aliphatic carbocycles. The number of non-ortho nitro benzene ring substituents is 1. The Balaban J connectivity index is 2.77. The summed E-state index contributed by atoms with van der Waals surface area (Å²) in [6.07, 6.45) is 1.68. The van der Waals surface area contributed by atoms with E-state index in [1.165, 1.54) is 12.1 Å². The van der Waals surface area contributed by atoms with E-state index in [-0.39, 0.29) is 11.2 Å². The number of pyridine rings is 1. The lowest BCUT2D eigenvalue weighted by Gasteiger charge is -2.06. The molecule has 18 heavy (non-hydrogen) atoms. The second-order valence-electron chi connectivity index (χ2n) is 3.91. The molecule has 0 atom stereocenters. The summed E-state index contributed by atoms with van der Waals surface area (Å²) in [5.41, 5.74) is 1.01. The number of benzene rings is 1. The van der Waals surface area contributed by atoms with E-state index in [1.807, 2.05) is 6.92 Å². The van der Waals surface area contributed by atoms with Gasteiger partial charge in [0.25, 0.3) is 5.69 Å². The summed E-state index contributed by atoms with van der Waals surface area (Å²) in [6, 6.07) is 4.63. The molecular weight excluding hydrogens is 275 g/mol. The van der Waals surface area contributed by atoms with Crippen LogP contribution in [-0.4, -0.2) is 9.91 Å². The fourth-order valence-corrected chi connectivity index (χ4v) is 2.26. The van der Waals surface area contributed by atoms with E-state index >= 15 is 0 Å². The fraction of sp³-hybridized carbons (Fsp3) is 0.250. The van der Waals surface area contributed by atoms with Gasteiger partial charge in [-0.25, -0.2) is 4.98 Å². The van der Waals surface area contributed by atoms with Crippen molar-refractivity contribution in [3.63, 3.8) is 0 Å². The molecule has 0 fully saturated rings. The highest BCUT2D eigenvalue weighted by atomic mass is 35.5. The van der Waals surface area contributed by atoms with Crippen molar-refractivity contribution in [2.24, 2.45) is 0 Å². The van der Waals surface area contributed by atoms with Gasteiger partial charge in [-0.3, -0.25) is 10.1 Å². The Hall–Kier alpha value is -1.39. The molecular formula is C12H10Cl2N2O2. The van der Waals surface area contributed by atoms with Crippen molar-refractivity contribution >= 4 is 39.8 Å². The van der Waals surface area contributed by atoms with E-state index in [1.54, 1.807) is 6.07 Å². The average molecular weight is 285 g/mol. The fourth-order valence-electron chi connectivity index (χ4n) is 1.82. The smallest absolute Gasteiger partial charge is 0.258 e. The molecule has 6 heteroatoms. The SMILES string of the molecule is CCCc1cc2c(Cl)ccc([N+](=O)[O-])c2nc1Cl. The maximum Gasteiger partial charge on any atom is 0.295 e. The van der Waals surface area contributed by atoms with Crippen molar-refractivity contribution < 1.29 is 4.92 Å². The topological polar surface area (TPSA) is 56.0 Å². The van der Waals surface area contributed by atoms with Crippen LogP contribution < -0.4 is 0 Å². The van der Waals surface area contributed by atoms with Crippen LogP contribution in [0.3, 0.4) is 0 Å². The normalized spacial score (nSPS) is 10.8. The molecule has 2 aromatic rings. The van der Waals surface area contributed by atoms with Gasteiger partial charge in [-0.1, -0.05) is 36.5 Å². The largest absolute Gasteiger partial charge is 0.295 e. The number of nitrogens with zero attached hydrogens (tertiary/aromatic N) is 2. The van der Waals surface area contributed by atoms with E-state index in [0.717, 1.165) is 18.4 Å². The number of hydrogen-bond acceptors (Lipinski definition) is 3. The molecule has 0 aliphatic heterocycles. The van der Waals surface area contributed by atoms with Gasteiger partial charge in [0.1, 0.15) is 5.15 Å². The van der Waals surface area contributed by atoms with Crippen LogP contribution in [0.5, 0.6) is 0 Å². The number of aromatic nitrogens is 1. The minimum absolute atomic E-state index is 0.0839. The number of halogens is 2. The lowest BCUT2D eigenvalue weighted by atomic mass is 10.1. The van der Waals surface area contributed by atoms with Gasteiger partial charge >= 0.3 is 0 Å². The highest BCUT2D eigenvalue weighted by Crippen LogP contribution is 2.32. The molecule has 0 bridgehead atoms. The zero-order valence-electron chi connectivity index (χ0n) is 9.61. The van der Waals surface area contributed by atoms with Crippen LogP contribution in [0.1, 0.15) is 18.9 Å². The number of nitro benzene ring substituents is 1. The van der Waals surface area contributed by atoms with Crippen molar-refractivity contribution in [3.8, 4) is 0 Å². The molecule has 0 N–H and O–H groups in total. The van der Waals surface area contributed by atoms with Gasteiger partial charge in [0.2, 0.25) is 0 Å². The van der Waals surface area contributed by atoms with Crippen molar-refractivity contribution in [1.82, 2.24) is 4.98 Å². The van der Waals surface area contributed by atoms with E-state index in [9.17, 15) is 10.1 Å². The molecule has 1 aromatic heterocycles. The van der Waals surface area contributed by atoms with Crippen molar-refractivity contribution in [2.75, 3.05) is 0 Å². The first-order valence-electron chi connectivity index (χ1n) is 5.46. The van der Waals surface area contributed by atoms with Crippen LogP contribution in [-0.2, 0) is 6.42 Å². The molecule has 4 nitrogen and oxygen atoms in total. The van der Waals surface area contributed by atoms with Crippen LogP contribution in [0, 0.1) is 10.1 Å². The maximum atomic E-state index is 10.9. The molecule has 1 heterocycles. The third kappa shape index (κ3) is 2.26. The third-order valence-electron chi connectivity index (χ3n) is 2.65. The molecule has 0 amide bonds. The van der Waals surface area contributed by atoms with Crippen molar-refractivity contribution in [1.29, 1.82) is 0 Å². The lowest BCUT2D eigenvalue weighted by Crippen LogP contribution is -1.95. The summed E-state index contributed by atoms with van der Waals surface area (Å²) in [5.74, 6) is 0. The van der Waals surface area contributed by atoms with E-state index < -0.39 is 4.92 Å². The Morgan fingerprint density at radius 3 is 2.72 bits per heavy atom. The van der Waals surface area contributed by atoms with Gasteiger partial charge in [-0.05, 0) is 24.1 Å². The quantitative estimate of drug-likeness (QED) is 0.477. The van der Waals surface area contributed by atoms with Gasteiger partial charge in [-0.2, -0.15) is 0 Å². The number of nitro groups is 1. The van der Waals surface area contributed by atoms with Crippen LogP contribution in [0.4, 0.5) is 5.69 Å². The predicted octanol–water partition coefficient (Wildman–Crippen LogP) is 4.40. The summed E-state index contributed by atoms with van der Waals surface area (Å²) in [6.45, 7) is 2.02. The Morgan fingerprint density at radius 1 is 1.39 bits per heavy atom. The summed E-state index contributed by atoms with van der Waals surface area (Å²) < 4.78 is 0. The molecule has 1 aromatic carbocycles. The summed E-state index contributed by atoms with van der Waals surface area (Å²) in [7, 11) is 0. The first-order chi connectivity index (χ1) is 8.54. The monoisotopic (exact) mass is 284 g/mol. The van der Waals surface area contributed by atoms with Gasteiger partial charge in [0, 0.05) is 11.5 Å². The van der Waals surface area contributed by atoms with Gasteiger partial charge in [-0.15, -0.1) is 0 Å². The summed E-state index contributed by atoms with van der Waals surface area (Å²) >= 11 is 12.1. The molecule has 0 saturated heterocycles. The Kier molecular flexibility index (Phi) is 3.68. The zero-order chi connectivity index (χ0) is 13.3. The first-order valence-corrected chi connectivity index (χ1v) is 6.22. The van der Waals surface area contributed by atoms with Gasteiger partial charge in [0.05, 0.1) is 9.95 Å². The number of aryl methyl sites for hydroxylation is 1. The standard InChI is InChI=1S/C12H10Cl2N2O2/c1-2-3-7-6-8-9(13)4-5-10(16(17)18)11(8)15-12(7)14/h4-6H,2-3H2,1H3. The molecule has 0 aliphatic rings. The van der Waals surface area contributed by atoms with Crippen molar-refractivity contribution in [3.05, 3.63) is 44.1 Å². The minimum Gasteiger partial charge on any atom is -0.258 e. The molecule has 2 rings (SSSR count). The van der Waals surface area contributed by atoms with Gasteiger partial charge < -0.3 is 0 Å². The van der Waals surface area contributed by atoms with Crippen molar-refractivity contribution in [2.45, 2.75) is 19.8 Å². The Bertz CT molecular complexity index is 629. The van der Waals surface area contributed by atoms with Crippen LogP contribution in [0.25, 0.3) is 10.9 Å².